The number of hydrogen-bond acceptors (Lipinski definition) is 2. The SMILES string of the molecule is CC1c2cc(F)ccc2CCN1Cc1ccc(C#N)cc1. The van der Waals surface area contributed by atoms with Crippen LogP contribution in [0.3, 0.4) is 0 Å². The number of benzene rings is 2. The lowest BCUT2D eigenvalue weighted by Crippen LogP contribution is -2.33. The molecule has 1 unspecified atom stereocenters. The predicted molar refractivity (Wildman–Crippen MR) is 80.1 cm³/mol. The van der Waals surface area contributed by atoms with Crippen molar-refractivity contribution in [1.29, 1.82) is 5.26 Å². The molecule has 0 radical (unpaired) electrons. The summed E-state index contributed by atoms with van der Waals surface area (Å²) >= 11 is 0. The van der Waals surface area contributed by atoms with Crippen molar-refractivity contribution in [2.45, 2.75) is 25.9 Å². The third-order valence-corrected chi connectivity index (χ3v) is 4.24. The average Bonchev–Trinajstić information content (AvgIpc) is 2.51. The summed E-state index contributed by atoms with van der Waals surface area (Å²) < 4.78 is 13.5. The van der Waals surface area contributed by atoms with Crippen molar-refractivity contribution in [3.63, 3.8) is 0 Å². The molecule has 1 aliphatic rings. The van der Waals surface area contributed by atoms with Crippen molar-refractivity contribution >= 4 is 0 Å². The van der Waals surface area contributed by atoms with Crippen LogP contribution in [0, 0.1) is 17.1 Å². The van der Waals surface area contributed by atoms with Crippen LogP contribution in [-0.2, 0) is 13.0 Å². The molecular formula is C18H17FN2. The Morgan fingerprint density at radius 1 is 1.24 bits per heavy atom. The Hall–Kier alpha value is -2.18. The van der Waals surface area contributed by atoms with E-state index in [0.29, 0.717) is 5.56 Å². The summed E-state index contributed by atoms with van der Waals surface area (Å²) in [4.78, 5) is 2.35. The van der Waals surface area contributed by atoms with Crippen molar-refractivity contribution in [3.05, 3.63) is 70.5 Å². The largest absolute Gasteiger partial charge is 0.292 e. The molecule has 106 valence electrons. The number of nitrogens with zero attached hydrogens (tertiary/aromatic N) is 2. The van der Waals surface area contributed by atoms with Gasteiger partial charge in [-0.05, 0) is 54.3 Å². The molecule has 0 saturated heterocycles. The topological polar surface area (TPSA) is 27.0 Å². The number of rotatable bonds is 2. The molecule has 1 aliphatic heterocycles. The summed E-state index contributed by atoms with van der Waals surface area (Å²) in [7, 11) is 0. The second kappa shape index (κ2) is 5.67. The molecule has 0 N–H and O–H groups in total. The quantitative estimate of drug-likeness (QED) is 0.836. The Kier molecular flexibility index (Phi) is 3.72. The molecule has 2 aromatic carbocycles. The van der Waals surface area contributed by atoms with E-state index in [-0.39, 0.29) is 11.9 Å². The fraction of sp³-hybridized carbons (Fsp3) is 0.278. The fourth-order valence-electron chi connectivity index (χ4n) is 2.97. The Labute approximate surface area is 124 Å². The van der Waals surface area contributed by atoms with Crippen molar-refractivity contribution < 1.29 is 4.39 Å². The zero-order valence-corrected chi connectivity index (χ0v) is 12.0. The van der Waals surface area contributed by atoms with Crippen molar-refractivity contribution in [1.82, 2.24) is 4.90 Å². The van der Waals surface area contributed by atoms with Gasteiger partial charge in [-0.3, -0.25) is 4.90 Å². The lowest BCUT2D eigenvalue weighted by atomic mass is 9.93. The molecule has 3 heteroatoms. The van der Waals surface area contributed by atoms with E-state index in [1.165, 1.54) is 11.1 Å². The molecular weight excluding hydrogens is 263 g/mol. The lowest BCUT2D eigenvalue weighted by Gasteiger charge is -2.35. The van der Waals surface area contributed by atoms with Gasteiger partial charge >= 0.3 is 0 Å². The summed E-state index contributed by atoms with van der Waals surface area (Å²) in [5, 5.41) is 8.83. The highest BCUT2D eigenvalue weighted by Crippen LogP contribution is 2.31. The van der Waals surface area contributed by atoms with E-state index < -0.39 is 0 Å². The minimum atomic E-state index is -0.166. The predicted octanol–water partition coefficient (Wildman–Crippen LogP) is 3.82. The van der Waals surface area contributed by atoms with Crippen LogP contribution in [0.5, 0.6) is 0 Å². The third-order valence-electron chi connectivity index (χ3n) is 4.24. The summed E-state index contributed by atoms with van der Waals surface area (Å²) in [5.74, 6) is -0.166. The monoisotopic (exact) mass is 280 g/mol. The molecule has 21 heavy (non-hydrogen) atoms. The van der Waals surface area contributed by atoms with Gasteiger partial charge in [0.2, 0.25) is 0 Å². The molecule has 3 rings (SSSR count). The first-order chi connectivity index (χ1) is 10.2. The van der Waals surface area contributed by atoms with Crippen molar-refractivity contribution in [3.8, 4) is 6.07 Å². The molecule has 0 fully saturated rings. The van der Waals surface area contributed by atoms with E-state index >= 15 is 0 Å². The maximum atomic E-state index is 13.5. The fourth-order valence-corrected chi connectivity index (χ4v) is 2.97. The van der Waals surface area contributed by atoms with E-state index in [9.17, 15) is 4.39 Å². The standard InChI is InChI=1S/C18H17FN2/c1-13-18-10-17(19)7-6-16(18)8-9-21(13)12-15-4-2-14(11-20)3-5-15/h2-7,10,13H,8-9,12H2,1H3. The van der Waals surface area contributed by atoms with Crippen molar-refractivity contribution in [2.75, 3.05) is 6.54 Å². The number of halogens is 1. The zero-order chi connectivity index (χ0) is 14.8. The van der Waals surface area contributed by atoms with Gasteiger partial charge in [-0.15, -0.1) is 0 Å². The second-order valence-corrected chi connectivity index (χ2v) is 5.55. The van der Waals surface area contributed by atoms with E-state index in [1.54, 1.807) is 12.1 Å². The van der Waals surface area contributed by atoms with Crippen LogP contribution >= 0.6 is 0 Å². The molecule has 0 saturated carbocycles. The third kappa shape index (κ3) is 2.81. The normalized spacial score (nSPS) is 18.0. The van der Waals surface area contributed by atoms with Gasteiger partial charge in [0, 0.05) is 19.1 Å². The van der Waals surface area contributed by atoms with Gasteiger partial charge in [-0.25, -0.2) is 4.39 Å². The van der Waals surface area contributed by atoms with Gasteiger partial charge in [0.1, 0.15) is 5.82 Å². The Bertz CT molecular complexity index is 685. The lowest BCUT2D eigenvalue weighted by molar-refractivity contribution is 0.189. The van der Waals surface area contributed by atoms with Gasteiger partial charge in [-0.1, -0.05) is 18.2 Å². The Morgan fingerprint density at radius 3 is 2.71 bits per heavy atom. The molecule has 1 atom stereocenters. The first-order valence-corrected chi connectivity index (χ1v) is 7.19. The Morgan fingerprint density at radius 2 is 2.00 bits per heavy atom. The molecule has 0 bridgehead atoms. The van der Waals surface area contributed by atoms with E-state index in [2.05, 4.69) is 17.9 Å². The molecule has 0 spiro atoms. The molecule has 0 amide bonds. The molecule has 2 nitrogen and oxygen atoms in total. The zero-order valence-electron chi connectivity index (χ0n) is 12.0. The van der Waals surface area contributed by atoms with Crippen LogP contribution in [0.4, 0.5) is 4.39 Å². The second-order valence-electron chi connectivity index (χ2n) is 5.55. The van der Waals surface area contributed by atoms with Crippen molar-refractivity contribution in [2.24, 2.45) is 0 Å². The van der Waals surface area contributed by atoms with Gasteiger partial charge in [0.15, 0.2) is 0 Å². The molecule has 1 heterocycles. The van der Waals surface area contributed by atoms with Crippen LogP contribution in [-0.4, -0.2) is 11.4 Å². The highest BCUT2D eigenvalue weighted by atomic mass is 19.1. The number of fused-ring (bicyclic) bond motifs is 1. The van der Waals surface area contributed by atoms with Gasteiger partial charge in [-0.2, -0.15) is 5.26 Å². The maximum absolute atomic E-state index is 13.5. The molecule has 0 aromatic heterocycles. The first-order valence-electron chi connectivity index (χ1n) is 7.19. The van der Waals surface area contributed by atoms with Crippen LogP contribution in [0.15, 0.2) is 42.5 Å². The smallest absolute Gasteiger partial charge is 0.123 e. The van der Waals surface area contributed by atoms with Gasteiger partial charge in [0.25, 0.3) is 0 Å². The minimum Gasteiger partial charge on any atom is -0.292 e. The minimum absolute atomic E-state index is 0.166. The summed E-state index contributed by atoms with van der Waals surface area (Å²) in [6.45, 7) is 3.92. The number of nitriles is 1. The Balaban J connectivity index is 1.79. The van der Waals surface area contributed by atoms with E-state index in [0.717, 1.165) is 25.1 Å². The summed E-state index contributed by atoms with van der Waals surface area (Å²) in [6, 6.07) is 15.1. The van der Waals surface area contributed by atoms with E-state index in [1.807, 2.05) is 30.3 Å². The van der Waals surface area contributed by atoms with Crippen LogP contribution < -0.4 is 0 Å². The van der Waals surface area contributed by atoms with Crippen LogP contribution in [0.1, 0.15) is 35.2 Å². The van der Waals surface area contributed by atoms with Gasteiger partial charge < -0.3 is 0 Å². The molecule has 0 aliphatic carbocycles. The van der Waals surface area contributed by atoms with E-state index in [4.69, 9.17) is 5.26 Å². The van der Waals surface area contributed by atoms with Gasteiger partial charge in [0.05, 0.1) is 11.6 Å². The summed E-state index contributed by atoms with van der Waals surface area (Å²) in [5.41, 5.74) is 4.20. The summed E-state index contributed by atoms with van der Waals surface area (Å²) in [6.07, 6.45) is 0.955. The highest BCUT2D eigenvalue weighted by molar-refractivity contribution is 5.34. The average molecular weight is 280 g/mol. The highest BCUT2D eigenvalue weighted by Gasteiger charge is 2.24. The first kappa shape index (κ1) is 13.8. The number of hydrogen-bond donors (Lipinski definition) is 0. The maximum Gasteiger partial charge on any atom is 0.123 e. The molecule has 2 aromatic rings. The van der Waals surface area contributed by atoms with Crippen LogP contribution in [0.2, 0.25) is 0 Å². The van der Waals surface area contributed by atoms with Crippen LogP contribution in [0.25, 0.3) is 0 Å².